The van der Waals surface area contributed by atoms with Crippen molar-refractivity contribution in [3.8, 4) is 0 Å². The number of pyridine rings is 1. The second kappa shape index (κ2) is 3.83. The average molecular weight is 243 g/mol. The van der Waals surface area contributed by atoms with E-state index >= 15 is 0 Å². The lowest BCUT2D eigenvalue weighted by Gasteiger charge is -2.05. The van der Waals surface area contributed by atoms with Crippen LogP contribution in [0.2, 0.25) is 0 Å². The van der Waals surface area contributed by atoms with Crippen LogP contribution in [0.1, 0.15) is 18.2 Å². The van der Waals surface area contributed by atoms with Gasteiger partial charge in [0, 0.05) is 6.07 Å². The Bertz CT molecular complexity index is 487. The first-order valence-electron chi connectivity index (χ1n) is 4.90. The van der Waals surface area contributed by atoms with Crippen LogP contribution in [0, 0.1) is 5.92 Å². The van der Waals surface area contributed by atoms with Gasteiger partial charge >= 0.3 is 6.18 Å². The van der Waals surface area contributed by atoms with Crippen LogP contribution >= 0.6 is 0 Å². The molecule has 1 aromatic heterocycles. The molecule has 0 saturated heterocycles. The highest BCUT2D eigenvalue weighted by molar-refractivity contribution is 6.16. The minimum absolute atomic E-state index is 0.180. The number of rotatable bonds is 1. The maximum atomic E-state index is 12.3. The quantitative estimate of drug-likeness (QED) is 0.792. The van der Waals surface area contributed by atoms with Crippen LogP contribution in [0.15, 0.2) is 28.5 Å². The van der Waals surface area contributed by atoms with Gasteiger partial charge in [0.25, 0.3) is 5.69 Å². The molecule has 0 radical (unpaired) electrons. The summed E-state index contributed by atoms with van der Waals surface area (Å²) in [6.45, 7) is 1.79. The number of hydrogen-bond acceptors (Lipinski definition) is 3. The Hall–Kier alpha value is -1.92. The fourth-order valence-corrected chi connectivity index (χ4v) is 1.49. The van der Waals surface area contributed by atoms with E-state index in [0.29, 0.717) is 17.1 Å². The number of H-pyrrole nitrogens is 1. The SMILES string of the molecule is CC1C(N)=NN=C1c1ccc(C(F)(F)F)[nH+]c1. The molecule has 1 atom stereocenters. The van der Waals surface area contributed by atoms with Crippen LogP contribution in [0.3, 0.4) is 0 Å². The number of aromatic amines is 1. The van der Waals surface area contributed by atoms with E-state index in [2.05, 4.69) is 15.2 Å². The van der Waals surface area contributed by atoms with Gasteiger partial charge in [0.2, 0.25) is 0 Å². The van der Waals surface area contributed by atoms with Crippen LogP contribution in [0.5, 0.6) is 0 Å². The highest BCUT2D eigenvalue weighted by atomic mass is 19.4. The van der Waals surface area contributed by atoms with E-state index in [0.717, 1.165) is 6.07 Å². The summed E-state index contributed by atoms with van der Waals surface area (Å²) in [6, 6.07) is 2.32. The second-order valence-electron chi connectivity index (χ2n) is 3.72. The van der Waals surface area contributed by atoms with Gasteiger partial charge in [-0.15, -0.1) is 5.10 Å². The van der Waals surface area contributed by atoms with E-state index in [9.17, 15) is 13.2 Å². The molecule has 1 unspecified atom stereocenters. The van der Waals surface area contributed by atoms with Crippen LogP contribution in [0.4, 0.5) is 13.2 Å². The number of alkyl halides is 3. The molecule has 0 aliphatic carbocycles. The van der Waals surface area contributed by atoms with Crippen molar-refractivity contribution in [2.45, 2.75) is 13.1 Å². The summed E-state index contributed by atoms with van der Waals surface area (Å²) in [4.78, 5) is 2.19. The van der Waals surface area contributed by atoms with Crippen LogP contribution in [0.25, 0.3) is 0 Å². The Morgan fingerprint density at radius 1 is 1.29 bits per heavy atom. The lowest BCUT2D eigenvalue weighted by atomic mass is 9.99. The van der Waals surface area contributed by atoms with Gasteiger partial charge in [0.05, 0.1) is 17.2 Å². The molecular weight excluding hydrogens is 233 g/mol. The molecule has 17 heavy (non-hydrogen) atoms. The zero-order valence-corrected chi connectivity index (χ0v) is 8.92. The molecular formula is C10H10F3N4+. The molecule has 2 heterocycles. The minimum Gasteiger partial charge on any atom is -0.385 e. The third-order valence-corrected chi connectivity index (χ3v) is 2.54. The standard InChI is InChI=1S/C10H9F3N4/c1-5-8(16-17-9(5)14)6-2-3-7(15-4-6)10(11,12)13/h2-5H,1H3,(H2,14,17)/p+1. The molecule has 0 bridgehead atoms. The summed E-state index contributed by atoms with van der Waals surface area (Å²) in [5, 5.41) is 7.53. The van der Waals surface area contributed by atoms with Crippen molar-refractivity contribution in [3.63, 3.8) is 0 Å². The fraction of sp³-hybridized carbons (Fsp3) is 0.300. The van der Waals surface area contributed by atoms with Crippen molar-refractivity contribution in [1.29, 1.82) is 0 Å². The van der Waals surface area contributed by atoms with Crippen LogP contribution in [-0.4, -0.2) is 11.5 Å². The van der Waals surface area contributed by atoms with Gasteiger partial charge in [0.1, 0.15) is 5.84 Å². The number of halogens is 3. The average Bonchev–Trinajstić information content (AvgIpc) is 2.59. The zero-order valence-electron chi connectivity index (χ0n) is 8.92. The van der Waals surface area contributed by atoms with Gasteiger partial charge in [0.15, 0.2) is 6.20 Å². The predicted molar refractivity (Wildman–Crippen MR) is 55.3 cm³/mol. The first-order chi connectivity index (χ1) is 7.89. The van der Waals surface area contributed by atoms with E-state index in [1.165, 1.54) is 12.3 Å². The van der Waals surface area contributed by atoms with Crippen molar-refractivity contribution in [2.24, 2.45) is 21.9 Å². The minimum atomic E-state index is -4.38. The van der Waals surface area contributed by atoms with Crippen molar-refractivity contribution < 1.29 is 18.2 Å². The van der Waals surface area contributed by atoms with Crippen molar-refractivity contribution in [1.82, 2.24) is 0 Å². The largest absolute Gasteiger partial charge is 0.477 e. The van der Waals surface area contributed by atoms with Crippen molar-refractivity contribution in [3.05, 3.63) is 29.6 Å². The van der Waals surface area contributed by atoms with Crippen molar-refractivity contribution >= 4 is 11.5 Å². The number of aromatic nitrogens is 1. The maximum absolute atomic E-state index is 12.3. The van der Waals surface area contributed by atoms with E-state index in [1.54, 1.807) is 6.92 Å². The lowest BCUT2D eigenvalue weighted by Crippen LogP contribution is -2.27. The molecule has 1 aliphatic rings. The van der Waals surface area contributed by atoms with Gasteiger partial charge in [-0.3, -0.25) is 0 Å². The number of nitrogens with one attached hydrogen (secondary N) is 1. The molecule has 2 rings (SSSR count). The van der Waals surface area contributed by atoms with Crippen LogP contribution in [-0.2, 0) is 6.18 Å². The number of hydrogen-bond donors (Lipinski definition) is 1. The van der Waals surface area contributed by atoms with E-state index in [-0.39, 0.29) is 5.92 Å². The molecule has 0 spiro atoms. The smallest absolute Gasteiger partial charge is 0.385 e. The molecule has 7 heteroatoms. The van der Waals surface area contributed by atoms with E-state index in [4.69, 9.17) is 5.73 Å². The third-order valence-electron chi connectivity index (χ3n) is 2.54. The predicted octanol–water partition coefficient (Wildman–Crippen LogP) is 1.23. The number of amidine groups is 1. The van der Waals surface area contributed by atoms with E-state index < -0.39 is 11.9 Å². The molecule has 0 aromatic carbocycles. The molecule has 3 N–H and O–H groups in total. The Morgan fingerprint density at radius 2 is 2.00 bits per heavy atom. The Kier molecular flexibility index (Phi) is 2.60. The Balaban J connectivity index is 2.26. The van der Waals surface area contributed by atoms with Gasteiger partial charge in [-0.2, -0.15) is 18.3 Å². The summed E-state index contributed by atoms with van der Waals surface area (Å²) >= 11 is 0. The summed E-state index contributed by atoms with van der Waals surface area (Å²) in [5.41, 5.74) is 5.86. The number of nitrogens with zero attached hydrogens (tertiary/aromatic N) is 2. The first-order valence-corrected chi connectivity index (χ1v) is 4.90. The lowest BCUT2D eigenvalue weighted by molar-refractivity contribution is -0.425. The highest BCUT2D eigenvalue weighted by Crippen LogP contribution is 2.26. The first kappa shape index (κ1) is 11.6. The highest BCUT2D eigenvalue weighted by Gasteiger charge is 2.38. The van der Waals surface area contributed by atoms with Gasteiger partial charge in [-0.1, -0.05) is 0 Å². The maximum Gasteiger partial charge on any atom is 0.477 e. The van der Waals surface area contributed by atoms with E-state index in [1.807, 2.05) is 0 Å². The Morgan fingerprint density at radius 3 is 2.41 bits per heavy atom. The monoisotopic (exact) mass is 243 g/mol. The van der Waals surface area contributed by atoms with Crippen LogP contribution < -0.4 is 10.7 Å². The van der Waals surface area contributed by atoms with Gasteiger partial charge in [-0.25, -0.2) is 4.98 Å². The van der Waals surface area contributed by atoms with Crippen molar-refractivity contribution in [2.75, 3.05) is 0 Å². The summed E-state index contributed by atoms with van der Waals surface area (Å²) < 4.78 is 37.0. The molecule has 1 aliphatic heterocycles. The van der Waals surface area contributed by atoms with Gasteiger partial charge < -0.3 is 5.73 Å². The molecule has 4 nitrogen and oxygen atoms in total. The molecule has 0 saturated carbocycles. The molecule has 0 fully saturated rings. The van der Waals surface area contributed by atoms with Gasteiger partial charge in [-0.05, 0) is 13.0 Å². The Labute approximate surface area is 95.1 Å². The summed E-state index contributed by atoms with van der Waals surface area (Å²) in [7, 11) is 0. The zero-order chi connectivity index (χ0) is 12.6. The summed E-state index contributed by atoms with van der Waals surface area (Å²) in [5.74, 6) is 0.181. The second-order valence-corrected chi connectivity index (χ2v) is 3.72. The molecule has 0 amide bonds. The summed E-state index contributed by atoms with van der Waals surface area (Å²) in [6.07, 6.45) is -3.12. The third kappa shape index (κ3) is 2.13. The fourth-order valence-electron chi connectivity index (χ4n) is 1.49. The molecule has 1 aromatic rings. The topological polar surface area (TPSA) is 64.9 Å². The number of nitrogens with two attached hydrogens (primary N) is 1. The molecule has 90 valence electrons. The normalized spacial score (nSPS) is 20.1.